The third-order valence-corrected chi connectivity index (χ3v) is 3.70. The minimum absolute atomic E-state index is 0.168. The number of rotatable bonds is 6. The minimum atomic E-state index is -0.328. The fourth-order valence-corrected chi connectivity index (χ4v) is 2.68. The van der Waals surface area contributed by atoms with Gasteiger partial charge < -0.3 is 5.32 Å². The van der Waals surface area contributed by atoms with Gasteiger partial charge in [0, 0.05) is 44.4 Å². The van der Waals surface area contributed by atoms with Gasteiger partial charge in [0.2, 0.25) is 0 Å². The molecule has 1 N–H and O–H groups in total. The van der Waals surface area contributed by atoms with Gasteiger partial charge in [0.25, 0.3) is 5.69 Å². The van der Waals surface area contributed by atoms with Gasteiger partial charge in [-0.2, -0.15) is 0 Å². The Balaban J connectivity index is 2.22. The van der Waals surface area contributed by atoms with Gasteiger partial charge >= 0.3 is 0 Å². The first-order valence-corrected chi connectivity index (χ1v) is 7.02. The van der Waals surface area contributed by atoms with Crippen molar-refractivity contribution in [3.05, 3.63) is 52.6 Å². The smallest absolute Gasteiger partial charge is 0.269 e. The Morgan fingerprint density at radius 3 is 2.85 bits per heavy atom. The maximum atomic E-state index is 10.9. The molecule has 1 aliphatic rings. The average Bonchev–Trinajstić information content (AvgIpc) is 2.49. The lowest BCUT2D eigenvalue weighted by Gasteiger charge is -2.35. The summed E-state index contributed by atoms with van der Waals surface area (Å²) < 4.78 is 0. The van der Waals surface area contributed by atoms with Gasteiger partial charge in [0.15, 0.2) is 0 Å². The van der Waals surface area contributed by atoms with Crippen molar-refractivity contribution in [3.63, 3.8) is 0 Å². The van der Waals surface area contributed by atoms with E-state index in [9.17, 15) is 10.1 Å². The number of piperazine rings is 1. The van der Waals surface area contributed by atoms with E-state index in [1.54, 1.807) is 18.2 Å². The standard InChI is InChI=1S/C15H21N3O2/c1-2-3-7-15(17-10-8-16-9-11-17)13-5-4-6-14(12-13)18(19)20/h2,4-6,12,15-16H,1,3,7-11H2/t15-/m0/s1. The number of nitrogens with zero attached hydrogens (tertiary/aromatic N) is 2. The summed E-state index contributed by atoms with van der Waals surface area (Å²) in [6, 6.07) is 7.25. The number of nitro benzene ring substituents is 1. The number of allylic oxidation sites excluding steroid dienone is 1. The van der Waals surface area contributed by atoms with Gasteiger partial charge in [-0.15, -0.1) is 6.58 Å². The highest BCUT2D eigenvalue weighted by Crippen LogP contribution is 2.28. The van der Waals surface area contributed by atoms with Crippen LogP contribution in [0.3, 0.4) is 0 Å². The van der Waals surface area contributed by atoms with E-state index < -0.39 is 0 Å². The number of nitrogens with one attached hydrogen (secondary N) is 1. The number of benzene rings is 1. The average molecular weight is 275 g/mol. The quantitative estimate of drug-likeness (QED) is 0.492. The predicted molar refractivity (Wildman–Crippen MR) is 79.7 cm³/mol. The number of nitro groups is 1. The fraction of sp³-hybridized carbons (Fsp3) is 0.467. The molecule has 1 aliphatic heterocycles. The van der Waals surface area contributed by atoms with Crippen LogP contribution in [0.4, 0.5) is 5.69 Å². The van der Waals surface area contributed by atoms with E-state index in [1.807, 2.05) is 12.1 Å². The summed E-state index contributed by atoms with van der Waals surface area (Å²) in [5.41, 5.74) is 1.20. The van der Waals surface area contributed by atoms with Gasteiger partial charge in [-0.25, -0.2) is 0 Å². The third-order valence-electron chi connectivity index (χ3n) is 3.70. The molecule has 5 heteroatoms. The molecule has 5 nitrogen and oxygen atoms in total. The van der Waals surface area contributed by atoms with Crippen molar-refractivity contribution in [1.82, 2.24) is 10.2 Å². The van der Waals surface area contributed by atoms with E-state index in [2.05, 4.69) is 16.8 Å². The second-order valence-electron chi connectivity index (χ2n) is 5.02. The number of hydrogen-bond acceptors (Lipinski definition) is 4. The summed E-state index contributed by atoms with van der Waals surface area (Å²) in [7, 11) is 0. The fourth-order valence-electron chi connectivity index (χ4n) is 2.68. The highest BCUT2D eigenvalue weighted by molar-refractivity contribution is 5.36. The summed E-state index contributed by atoms with van der Waals surface area (Å²) in [4.78, 5) is 13.0. The Hall–Kier alpha value is -1.72. The number of non-ortho nitro benzene ring substituents is 1. The molecule has 1 aromatic carbocycles. The summed E-state index contributed by atoms with van der Waals surface area (Å²) >= 11 is 0. The van der Waals surface area contributed by atoms with Gasteiger partial charge in [-0.3, -0.25) is 15.0 Å². The zero-order valence-electron chi connectivity index (χ0n) is 11.6. The Labute approximate surface area is 119 Å². The van der Waals surface area contributed by atoms with Crippen LogP contribution in [0.25, 0.3) is 0 Å². The molecule has 108 valence electrons. The van der Waals surface area contributed by atoms with Gasteiger partial charge in [0.1, 0.15) is 0 Å². The van der Waals surface area contributed by atoms with E-state index in [0.717, 1.165) is 44.6 Å². The molecular weight excluding hydrogens is 254 g/mol. The van der Waals surface area contributed by atoms with Gasteiger partial charge in [-0.05, 0) is 18.4 Å². The zero-order chi connectivity index (χ0) is 14.4. The summed E-state index contributed by atoms with van der Waals surface area (Å²) in [5.74, 6) is 0. The second kappa shape index (κ2) is 7.17. The highest BCUT2D eigenvalue weighted by Gasteiger charge is 2.22. The van der Waals surface area contributed by atoms with E-state index in [-0.39, 0.29) is 16.7 Å². The van der Waals surface area contributed by atoms with Crippen molar-refractivity contribution in [2.45, 2.75) is 18.9 Å². The summed E-state index contributed by atoms with van der Waals surface area (Å²) in [6.07, 6.45) is 3.77. The molecule has 0 aromatic heterocycles. The van der Waals surface area contributed by atoms with E-state index in [0.29, 0.717) is 0 Å². The van der Waals surface area contributed by atoms with Crippen LogP contribution in [0.2, 0.25) is 0 Å². The Morgan fingerprint density at radius 1 is 1.45 bits per heavy atom. The lowest BCUT2D eigenvalue weighted by atomic mass is 9.99. The Kier molecular flexibility index (Phi) is 5.26. The molecule has 0 spiro atoms. The van der Waals surface area contributed by atoms with Crippen molar-refractivity contribution in [1.29, 1.82) is 0 Å². The van der Waals surface area contributed by atoms with Crippen LogP contribution in [0, 0.1) is 10.1 Å². The van der Waals surface area contributed by atoms with E-state index in [1.165, 1.54) is 0 Å². The summed E-state index contributed by atoms with van der Waals surface area (Å²) in [6.45, 7) is 7.67. The molecule has 20 heavy (non-hydrogen) atoms. The van der Waals surface area contributed by atoms with Gasteiger partial charge in [-0.1, -0.05) is 18.2 Å². The van der Waals surface area contributed by atoms with Crippen molar-refractivity contribution >= 4 is 5.69 Å². The first kappa shape index (κ1) is 14.7. The predicted octanol–water partition coefficient (Wildman–Crippen LogP) is 2.51. The molecule has 2 rings (SSSR count). The SMILES string of the molecule is C=CCC[C@@H](c1cccc([N+](=O)[O-])c1)N1CCNCC1. The molecule has 1 saturated heterocycles. The molecule has 0 aliphatic carbocycles. The highest BCUT2D eigenvalue weighted by atomic mass is 16.6. The van der Waals surface area contributed by atoms with E-state index in [4.69, 9.17) is 0 Å². The Morgan fingerprint density at radius 2 is 2.20 bits per heavy atom. The number of hydrogen-bond donors (Lipinski definition) is 1. The maximum Gasteiger partial charge on any atom is 0.269 e. The van der Waals surface area contributed by atoms with Gasteiger partial charge in [0.05, 0.1) is 4.92 Å². The summed E-state index contributed by atoms with van der Waals surface area (Å²) in [5, 5.41) is 14.3. The molecule has 0 saturated carbocycles. The van der Waals surface area contributed by atoms with Crippen molar-refractivity contribution in [2.75, 3.05) is 26.2 Å². The Bertz CT molecular complexity index is 470. The monoisotopic (exact) mass is 275 g/mol. The van der Waals surface area contributed by atoms with Crippen LogP contribution < -0.4 is 5.32 Å². The molecular formula is C15H21N3O2. The van der Waals surface area contributed by atoms with Crippen LogP contribution in [0.15, 0.2) is 36.9 Å². The first-order valence-electron chi connectivity index (χ1n) is 7.02. The lowest BCUT2D eigenvalue weighted by molar-refractivity contribution is -0.385. The minimum Gasteiger partial charge on any atom is -0.314 e. The normalized spacial score (nSPS) is 17.6. The van der Waals surface area contributed by atoms with Crippen LogP contribution in [-0.2, 0) is 0 Å². The molecule has 1 heterocycles. The second-order valence-corrected chi connectivity index (χ2v) is 5.02. The lowest BCUT2D eigenvalue weighted by Crippen LogP contribution is -2.45. The third kappa shape index (κ3) is 3.65. The first-order chi connectivity index (χ1) is 9.72. The van der Waals surface area contributed by atoms with Crippen LogP contribution in [-0.4, -0.2) is 36.0 Å². The molecule has 0 bridgehead atoms. The molecule has 1 aromatic rings. The molecule has 0 radical (unpaired) electrons. The largest absolute Gasteiger partial charge is 0.314 e. The van der Waals surface area contributed by atoms with E-state index >= 15 is 0 Å². The molecule has 0 amide bonds. The topological polar surface area (TPSA) is 58.4 Å². The van der Waals surface area contributed by atoms with Crippen LogP contribution in [0.1, 0.15) is 24.4 Å². The van der Waals surface area contributed by atoms with Crippen LogP contribution in [0.5, 0.6) is 0 Å². The molecule has 1 atom stereocenters. The maximum absolute atomic E-state index is 10.9. The van der Waals surface area contributed by atoms with Crippen molar-refractivity contribution < 1.29 is 4.92 Å². The van der Waals surface area contributed by atoms with Crippen molar-refractivity contribution in [2.24, 2.45) is 0 Å². The molecule has 1 fully saturated rings. The van der Waals surface area contributed by atoms with Crippen LogP contribution >= 0.6 is 0 Å². The zero-order valence-corrected chi connectivity index (χ0v) is 11.6. The molecule has 0 unspecified atom stereocenters. The van der Waals surface area contributed by atoms with Crippen molar-refractivity contribution in [3.8, 4) is 0 Å².